The van der Waals surface area contributed by atoms with Crippen LogP contribution in [0.1, 0.15) is 31.0 Å². The van der Waals surface area contributed by atoms with Gasteiger partial charge in [0.25, 0.3) is 0 Å². The maximum atomic E-state index is 5.62. The smallest absolute Gasteiger partial charge is 0.0708 e. The molecule has 1 aromatic carbocycles. The van der Waals surface area contributed by atoms with E-state index in [-0.39, 0.29) is 0 Å². The van der Waals surface area contributed by atoms with Crippen LogP contribution in [0, 0.1) is 5.92 Å². The zero-order valence-corrected chi connectivity index (χ0v) is 10.7. The Balaban J connectivity index is 2.06. The highest BCUT2D eigenvalue weighted by molar-refractivity contribution is 5.83. The topological polar surface area (TPSA) is 50.9 Å². The molecule has 0 bridgehead atoms. The SMILES string of the molecule is CCc1ccc2nc(CC3CC3)c(NN)cc2c1. The highest BCUT2D eigenvalue weighted by Gasteiger charge is 2.23. The van der Waals surface area contributed by atoms with Gasteiger partial charge in [-0.1, -0.05) is 13.0 Å². The molecule has 0 amide bonds. The summed E-state index contributed by atoms with van der Waals surface area (Å²) in [6.07, 6.45) is 4.76. The van der Waals surface area contributed by atoms with Crippen molar-refractivity contribution in [1.82, 2.24) is 4.98 Å². The molecular formula is C15H19N3. The van der Waals surface area contributed by atoms with E-state index in [1.54, 1.807) is 0 Å². The fourth-order valence-electron chi connectivity index (χ4n) is 2.36. The number of nitrogen functional groups attached to an aromatic ring is 1. The molecule has 0 aliphatic heterocycles. The molecule has 1 heterocycles. The Morgan fingerprint density at radius 3 is 2.83 bits per heavy atom. The predicted octanol–water partition coefficient (Wildman–Crippen LogP) is 3.04. The second kappa shape index (κ2) is 4.58. The van der Waals surface area contributed by atoms with Crippen LogP contribution in [-0.4, -0.2) is 4.98 Å². The second-order valence-corrected chi connectivity index (χ2v) is 5.16. The largest absolute Gasteiger partial charge is 0.322 e. The van der Waals surface area contributed by atoms with E-state index in [0.29, 0.717) is 0 Å². The fourth-order valence-corrected chi connectivity index (χ4v) is 2.36. The molecule has 3 heteroatoms. The van der Waals surface area contributed by atoms with Crippen LogP contribution in [0.5, 0.6) is 0 Å². The van der Waals surface area contributed by atoms with Crippen LogP contribution in [0.3, 0.4) is 0 Å². The van der Waals surface area contributed by atoms with Crippen molar-refractivity contribution in [2.75, 3.05) is 5.43 Å². The number of rotatable bonds is 4. The zero-order chi connectivity index (χ0) is 12.5. The number of hydrazine groups is 1. The van der Waals surface area contributed by atoms with E-state index in [0.717, 1.165) is 35.7 Å². The third kappa shape index (κ3) is 2.18. The maximum absolute atomic E-state index is 5.62. The number of nitrogens with one attached hydrogen (secondary N) is 1. The van der Waals surface area contributed by atoms with Crippen LogP contribution in [-0.2, 0) is 12.8 Å². The first-order valence-electron chi connectivity index (χ1n) is 6.69. The summed E-state index contributed by atoms with van der Waals surface area (Å²) in [6.45, 7) is 2.16. The zero-order valence-electron chi connectivity index (χ0n) is 10.7. The van der Waals surface area contributed by atoms with Crippen molar-refractivity contribution in [3.8, 4) is 0 Å². The molecule has 3 N–H and O–H groups in total. The van der Waals surface area contributed by atoms with Gasteiger partial charge in [-0.2, -0.15) is 0 Å². The summed E-state index contributed by atoms with van der Waals surface area (Å²) in [5.41, 5.74) is 7.29. The molecule has 1 fully saturated rings. The summed E-state index contributed by atoms with van der Waals surface area (Å²) in [4.78, 5) is 4.76. The molecule has 3 nitrogen and oxygen atoms in total. The first-order valence-corrected chi connectivity index (χ1v) is 6.69. The van der Waals surface area contributed by atoms with E-state index in [1.165, 1.54) is 23.8 Å². The summed E-state index contributed by atoms with van der Waals surface area (Å²) in [6, 6.07) is 8.60. The number of hydrogen-bond acceptors (Lipinski definition) is 3. The average molecular weight is 241 g/mol. The van der Waals surface area contributed by atoms with Crippen LogP contribution < -0.4 is 11.3 Å². The Kier molecular flexibility index (Phi) is 2.92. The molecule has 2 aromatic rings. The molecule has 1 aliphatic rings. The molecule has 0 unspecified atom stereocenters. The highest BCUT2D eigenvalue weighted by atomic mass is 15.2. The first kappa shape index (κ1) is 11.5. The minimum absolute atomic E-state index is 0.817. The Labute approximate surface area is 107 Å². The highest BCUT2D eigenvalue weighted by Crippen LogP contribution is 2.34. The molecule has 3 rings (SSSR count). The minimum Gasteiger partial charge on any atom is -0.322 e. The normalized spacial score (nSPS) is 15.0. The van der Waals surface area contributed by atoms with E-state index in [9.17, 15) is 0 Å². The van der Waals surface area contributed by atoms with E-state index >= 15 is 0 Å². The number of fused-ring (bicyclic) bond motifs is 1. The Morgan fingerprint density at radius 1 is 1.33 bits per heavy atom. The van der Waals surface area contributed by atoms with Gasteiger partial charge in [0.15, 0.2) is 0 Å². The average Bonchev–Trinajstić information content (AvgIpc) is 3.21. The number of nitrogens with two attached hydrogens (primary N) is 1. The van der Waals surface area contributed by atoms with Crippen molar-refractivity contribution in [2.45, 2.75) is 32.6 Å². The Hall–Kier alpha value is -1.61. The molecule has 1 saturated carbocycles. The van der Waals surface area contributed by atoms with Gasteiger partial charge in [-0.25, -0.2) is 0 Å². The van der Waals surface area contributed by atoms with Gasteiger partial charge in [-0.15, -0.1) is 0 Å². The van der Waals surface area contributed by atoms with Crippen LogP contribution in [0.2, 0.25) is 0 Å². The van der Waals surface area contributed by atoms with Crippen LogP contribution in [0.15, 0.2) is 24.3 Å². The molecule has 0 saturated heterocycles. The molecule has 94 valence electrons. The number of hydrogen-bond donors (Lipinski definition) is 2. The van der Waals surface area contributed by atoms with Gasteiger partial charge in [-0.3, -0.25) is 10.8 Å². The Bertz CT molecular complexity index is 573. The minimum atomic E-state index is 0.817. The first-order chi connectivity index (χ1) is 8.80. The number of pyridine rings is 1. The van der Waals surface area contributed by atoms with Crippen LogP contribution in [0.25, 0.3) is 10.9 Å². The van der Waals surface area contributed by atoms with Gasteiger partial charge in [0.05, 0.1) is 16.9 Å². The monoisotopic (exact) mass is 241 g/mol. The van der Waals surface area contributed by atoms with E-state index in [2.05, 4.69) is 36.6 Å². The Morgan fingerprint density at radius 2 is 2.17 bits per heavy atom. The summed E-state index contributed by atoms with van der Waals surface area (Å²) < 4.78 is 0. The lowest BCUT2D eigenvalue weighted by Crippen LogP contribution is -2.11. The van der Waals surface area contributed by atoms with Crippen LogP contribution >= 0.6 is 0 Å². The quantitative estimate of drug-likeness (QED) is 0.639. The second-order valence-electron chi connectivity index (χ2n) is 5.16. The van der Waals surface area contributed by atoms with Gasteiger partial charge < -0.3 is 5.43 Å². The molecule has 1 aromatic heterocycles. The van der Waals surface area contributed by atoms with Crippen molar-refractivity contribution >= 4 is 16.6 Å². The fraction of sp³-hybridized carbons (Fsp3) is 0.400. The lowest BCUT2D eigenvalue weighted by Gasteiger charge is -2.10. The van der Waals surface area contributed by atoms with Gasteiger partial charge in [0.2, 0.25) is 0 Å². The molecule has 1 aliphatic carbocycles. The number of aryl methyl sites for hydroxylation is 1. The summed E-state index contributed by atoms with van der Waals surface area (Å²) >= 11 is 0. The van der Waals surface area contributed by atoms with Crippen molar-refractivity contribution < 1.29 is 0 Å². The predicted molar refractivity (Wildman–Crippen MR) is 75.4 cm³/mol. The van der Waals surface area contributed by atoms with E-state index in [4.69, 9.17) is 10.8 Å². The molecular weight excluding hydrogens is 222 g/mol. The van der Waals surface area contributed by atoms with E-state index in [1.807, 2.05) is 0 Å². The molecule has 18 heavy (non-hydrogen) atoms. The summed E-state index contributed by atoms with van der Waals surface area (Å²) in [5.74, 6) is 6.43. The van der Waals surface area contributed by atoms with Crippen LogP contribution in [0.4, 0.5) is 5.69 Å². The third-order valence-corrected chi connectivity index (χ3v) is 3.70. The maximum Gasteiger partial charge on any atom is 0.0708 e. The number of benzene rings is 1. The summed E-state index contributed by atoms with van der Waals surface area (Å²) in [7, 11) is 0. The van der Waals surface area contributed by atoms with Gasteiger partial charge in [0, 0.05) is 5.39 Å². The number of aromatic nitrogens is 1. The van der Waals surface area contributed by atoms with Crippen molar-refractivity contribution in [3.05, 3.63) is 35.5 Å². The van der Waals surface area contributed by atoms with Gasteiger partial charge in [0.1, 0.15) is 0 Å². The standard InChI is InChI=1S/C15H19N3/c1-2-10-5-6-13-12(7-10)9-15(18-16)14(17-13)8-11-3-4-11/h5-7,9,11,18H,2-4,8,16H2,1H3. The van der Waals surface area contributed by atoms with Gasteiger partial charge >= 0.3 is 0 Å². The lowest BCUT2D eigenvalue weighted by atomic mass is 10.1. The van der Waals surface area contributed by atoms with Crippen molar-refractivity contribution in [1.29, 1.82) is 0 Å². The third-order valence-electron chi connectivity index (χ3n) is 3.70. The van der Waals surface area contributed by atoms with Crippen molar-refractivity contribution in [3.63, 3.8) is 0 Å². The van der Waals surface area contributed by atoms with Gasteiger partial charge in [-0.05, 0) is 55.4 Å². The van der Waals surface area contributed by atoms with E-state index < -0.39 is 0 Å². The number of anilines is 1. The molecule has 0 atom stereocenters. The number of nitrogens with zero attached hydrogens (tertiary/aromatic N) is 1. The molecule has 0 spiro atoms. The lowest BCUT2D eigenvalue weighted by molar-refractivity contribution is 0.809. The summed E-state index contributed by atoms with van der Waals surface area (Å²) in [5, 5.41) is 1.17. The molecule has 0 radical (unpaired) electrons. The van der Waals surface area contributed by atoms with Crippen molar-refractivity contribution in [2.24, 2.45) is 11.8 Å².